The molecule has 30 heavy (non-hydrogen) atoms. The molecule has 1 fully saturated rings. The van der Waals surface area contributed by atoms with E-state index in [0.29, 0.717) is 37.6 Å². The maximum absolute atomic E-state index is 12.5. The summed E-state index contributed by atoms with van der Waals surface area (Å²) >= 11 is 0. The second-order valence-electron chi connectivity index (χ2n) is 7.42. The second kappa shape index (κ2) is 8.98. The van der Waals surface area contributed by atoms with Crippen LogP contribution in [0.4, 0.5) is 0 Å². The molecule has 4 rings (SSSR count). The van der Waals surface area contributed by atoms with Gasteiger partial charge in [-0.2, -0.15) is 4.98 Å². The van der Waals surface area contributed by atoms with Crippen molar-refractivity contribution in [1.82, 2.24) is 15.0 Å². The van der Waals surface area contributed by atoms with Gasteiger partial charge >= 0.3 is 0 Å². The number of carbonyl (C=O) groups excluding carboxylic acids is 1. The van der Waals surface area contributed by atoms with Gasteiger partial charge in [-0.05, 0) is 41.8 Å². The Kier molecular flexibility index (Phi) is 5.97. The fourth-order valence-corrected chi connectivity index (χ4v) is 3.67. The number of amides is 1. The number of ether oxygens (including phenoxy) is 2. The van der Waals surface area contributed by atoms with Gasteiger partial charge in [0, 0.05) is 31.8 Å². The maximum atomic E-state index is 12.5. The largest absolute Gasteiger partial charge is 0.497 e. The topological polar surface area (TPSA) is 77.7 Å². The maximum Gasteiger partial charge on any atom is 0.226 e. The van der Waals surface area contributed by atoms with Crippen molar-refractivity contribution >= 4 is 5.91 Å². The van der Waals surface area contributed by atoms with Gasteiger partial charge in [0.1, 0.15) is 11.5 Å². The number of likely N-dealkylation sites (tertiary alicyclic amines) is 1. The van der Waals surface area contributed by atoms with Gasteiger partial charge in [0.15, 0.2) is 5.82 Å². The van der Waals surface area contributed by atoms with Gasteiger partial charge in [0.05, 0.1) is 14.2 Å². The van der Waals surface area contributed by atoms with Crippen molar-refractivity contribution in [3.8, 4) is 11.5 Å². The summed E-state index contributed by atoms with van der Waals surface area (Å²) in [7, 11) is 3.29. The summed E-state index contributed by atoms with van der Waals surface area (Å²) in [5.74, 6) is 2.90. The van der Waals surface area contributed by atoms with Crippen LogP contribution in [0.5, 0.6) is 11.5 Å². The van der Waals surface area contributed by atoms with Crippen LogP contribution in [0.25, 0.3) is 0 Å². The molecule has 156 valence electrons. The number of carbonyl (C=O) groups is 1. The Morgan fingerprint density at radius 3 is 2.60 bits per heavy atom. The first-order valence-electron chi connectivity index (χ1n) is 10.0. The molecule has 1 atom stereocenters. The quantitative estimate of drug-likeness (QED) is 0.570. The molecule has 0 spiro atoms. The highest BCUT2D eigenvalue weighted by Gasteiger charge is 2.33. The lowest BCUT2D eigenvalue weighted by Crippen LogP contribution is -2.24. The van der Waals surface area contributed by atoms with E-state index in [-0.39, 0.29) is 11.8 Å². The Balaban J connectivity index is 1.34. The van der Waals surface area contributed by atoms with Gasteiger partial charge in [0.2, 0.25) is 11.8 Å². The summed E-state index contributed by atoms with van der Waals surface area (Å²) in [6.45, 7) is 1.14. The summed E-state index contributed by atoms with van der Waals surface area (Å²) in [6, 6.07) is 15.7. The molecule has 7 heteroatoms. The standard InChI is InChI=1S/C23H25N3O4/c1-28-19-9-6-16(7-10-19)8-11-21-24-23(25-30-21)18-13-22(27)26(15-18)14-17-4-3-5-20(12-17)29-2/h3-7,9-10,12,18H,8,11,13-15H2,1-2H3. The molecule has 1 aliphatic rings. The van der Waals surface area contributed by atoms with Crippen LogP contribution >= 0.6 is 0 Å². The first-order chi connectivity index (χ1) is 14.6. The van der Waals surface area contributed by atoms with E-state index in [1.165, 1.54) is 5.56 Å². The normalized spacial score (nSPS) is 16.1. The van der Waals surface area contributed by atoms with E-state index < -0.39 is 0 Å². The molecule has 0 N–H and O–H groups in total. The van der Waals surface area contributed by atoms with Gasteiger partial charge in [-0.1, -0.05) is 29.4 Å². The molecule has 0 bridgehead atoms. The summed E-state index contributed by atoms with van der Waals surface area (Å²) in [5.41, 5.74) is 2.22. The predicted octanol–water partition coefficient (Wildman–Crippen LogP) is 3.39. The van der Waals surface area contributed by atoms with Gasteiger partial charge < -0.3 is 18.9 Å². The lowest BCUT2D eigenvalue weighted by molar-refractivity contribution is -0.128. The monoisotopic (exact) mass is 407 g/mol. The van der Waals surface area contributed by atoms with Crippen LogP contribution in [-0.4, -0.2) is 41.7 Å². The SMILES string of the molecule is COc1ccc(CCc2nc(C3CC(=O)N(Cc4cccc(OC)c4)C3)no2)cc1. The molecule has 1 aliphatic heterocycles. The number of aryl methyl sites for hydroxylation is 2. The minimum atomic E-state index is -0.0402. The molecule has 2 heterocycles. The molecule has 2 aromatic carbocycles. The van der Waals surface area contributed by atoms with E-state index in [2.05, 4.69) is 10.1 Å². The summed E-state index contributed by atoms with van der Waals surface area (Å²) in [4.78, 5) is 18.9. The average Bonchev–Trinajstić information content (AvgIpc) is 3.39. The van der Waals surface area contributed by atoms with Crippen molar-refractivity contribution in [3.63, 3.8) is 0 Å². The summed E-state index contributed by atoms with van der Waals surface area (Å²) in [5, 5.41) is 4.14. The number of methoxy groups -OCH3 is 2. The highest BCUT2D eigenvalue weighted by molar-refractivity contribution is 5.79. The van der Waals surface area contributed by atoms with Crippen molar-refractivity contribution < 1.29 is 18.8 Å². The number of rotatable bonds is 8. The van der Waals surface area contributed by atoms with E-state index >= 15 is 0 Å². The average molecular weight is 407 g/mol. The van der Waals surface area contributed by atoms with Gasteiger partial charge in [-0.15, -0.1) is 0 Å². The number of hydrogen-bond acceptors (Lipinski definition) is 6. The van der Waals surface area contributed by atoms with Crippen LogP contribution in [0, 0.1) is 0 Å². The fraction of sp³-hybridized carbons (Fsp3) is 0.348. The molecule has 7 nitrogen and oxygen atoms in total. The molecule has 3 aromatic rings. The second-order valence-corrected chi connectivity index (χ2v) is 7.42. The molecule has 1 aromatic heterocycles. The van der Waals surface area contributed by atoms with E-state index in [4.69, 9.17) is 14.0 Å². The Morgan fingerprint density at radius 1 is 1.03 bits per heavy atom. The molecule has 1 unspecified atom stereocenters. The Labute approximate surface area is 175 Å². The van der Waals surface area contributed by atoms with Crippen LogP contribution in [-0.2, 0) is 24.2 Å². The molecular formula is C23H25N3O4. The van der Waals surface area contributed by atoms with E-state index in [9.17, 15) is 4.79 Å². The number of benzene rings is 2. The van der Waals surface area contributed by atoms with Crippen molar-refractivity contribution in [2.24, 2.45) is 0 Å². The summed E-state index contributed by atoms with van der Waals surface area (Å²) in [6.07, 6.45) is 1.87. The van der Waals surface area contributed by atoms with E-state index in [1.807, 2.05) is 53.4 Å². The van der Waals surface area contributed by atoms with Crippen LogP contribution in [0.3, 0.4) is 0 Å². The minimum absolute atomic E-state index is 0.0402. The molecular weight excluding hydrogens is 382 g/mol. The highest BCUT2D eigenvalue weighted by atomic mass is 16.5. The minimum Gasteiger partial charge on any atom is -0.497 e. The van der Waals surface area contributed by atoms with Gasteiger partial charge in [-0.3, -0.25) is 4.79 Å². The third-order valence-corrected chi connectivity index (χ3v) is 5.36. The third kappa shape index (κ3) is 4.62. The van der Waals surface area contributed by atoms with Crippen LogP contribution in [0.15, 0.2) is 53.1 Å². The number of hydrogen-bond donors (Lipinski definition) is 0. The Hall–Kier alpha value is -3.35. The zero-order valence-electron chi connectivity index (χ0n) is 17.2. The van der Waals surface area contributed by atoms with Crippen molar-refractivity contribution in [3.05, 3.63) is 71.4 Å². The smallest absolute Gasteiger partial charge is 0.226 e. The van der Waals surface area contributed by atoms with Crippen molar-refractivity contribution in [1.29, 1.82) is 0 Å². The number of nitrogens with zero attached hydrogens (tertiary/aromatic N) is 3. The number of aromatic nitrogens is 2. The first kappa shape index (κ1) is 19.9. The zero-order chi connectivity index (χ0) is 20.9. The van der Waals surface area contributed by atoms with E-state index in [0.717, 1.165) is 23.5 Å². The zero-order valence-corrected chi connectivity index (χ0v) is 17.2. The lowest BCUT2D eigenvalue weighted by Gasteiger charge is -2.16. The van der Waals surface area contributed by atoms with Crippen molar-refractivity contribution in [2.45, 2.75) is 31.7 Å². The molecule has 0 saturated carbocycles. The fourth-order valence-electron chi connectivity index (χ4n) is 3.67. The van der Waals surface area contributed by atoms with E-state index in [1.54, 1.807) is 14.2 Å². The third-order valence-electron chi connectivity index (χ3n) is 5.36. The lowest BCUT2D eigenvalue weighted by atomic mass is 10.1. The Bertz CT molecular complexity index is 1000. The molecule has 0 aliphatic carbocycles. The van der Waals surface area contributed by atoms with Crippen LogP contribution in [0.1, 0.15) is 35.2 Å². The van der Waals surface area contributed by atoms with Gasteiger partial charge in [0.25, 0.3) is 0 Å². The highest BCUT2D eigenvalue weighted by Crippen LogP contribution is 2.28. The predicted molar refractivity (Wildman–Crippen MR) is 110 cm³/mol. The summed E-state index contributed by atoms with van der Waals surface area (Å²) < 4.78 is 15.9. The molecule has 0 radical (unpaired) electrons. The first-order valence-corrected chi connectivity index (χ1v) is 10.0. The molecule has 1 amide bonds. The molecule has 1 saturated heterocycles. The van der Waals surface area contributed by atoms with Gasteiger partial charge in [-0.25, -0.2) is 0 Å². The van der Waals surface area contributed by atoms with Crippen molar-refractivity contribution in [2.75, 3.05) is 20.8 Å². The van der Waals surface area contributed by atoms with Crippen LogP contribution < -0.4 is 9.47 Å². The Morgan fingerprint density at radius 2 is 1.83 bits per heavy atom. The van der Waals surface area contributed by atoms with Crippen LogP contribution in [0.2, 0.25) is 0 Å².